The van der Waals surface area contributed by atoms with E-state index in [1.165, 1.54) is 14.2 Å². The zero-order chi connectivity index (χ0) is 17.5. The maximum atomic E-state index is 12.6. The molecule has 0 aliphatic carbocycles. The lowest BCUT2D eigenvalue weighted by atomic mass is 9.78. The molecule has 0 N–H and O–H groups in total. The topological polar surface area (TPSA) is 68.5 Å². The molecule has 0 amide bonds. The predicted octanol–water partition coefficient (Wildman–Crippen LogP) is 3.59. The van der Waals surface area contributed by atoms with Crippen molar-refractivity contribution < 1.29 is 19.0 Å². The van der Waals surface area contributed by atoms with E-state index < -0.39 is 11.4 Å². The summed E-state index contributed by atoms with van der Waals surface area (Å²) in [6.07, 6.45) is 0.726. The molecule has 1 unspecified atom stereocenters. The number of methoxy groups -OCH3 is 2. The van der Waals surface area contributed by atoms with Crippen LogP contribution in [-0.4, -0.2) is 31.6 Å². The molecule has 0 radical (unpaired) electrons. The molecule has 1 aromatic rings. The lowest BCUT2D eigenvalue weighted by Crippen LogP contribution is -2.37. The monoisotopic (exact) mass is 383 g/mol. The summed E-state index contributed by atoms with van der Waals surface area (Å²) in [7, 11) is 3.05. The highest BCUT2D eigenvalue weighted by molar-refractivity contribution is 9.09. The highest BCUT2D eigenvalue weighted by Gasteiger charge is 2.42. The van der Waals surface area contributed by atoms with Gasteiger partial charge in [-0.1, -0.05) is 22.0 Å². The third-order valence-corrected chi connectivity index (χ3v) is 4.00. The summed E-state index contributed by atoms with van der Waals surface area (Å²) in [5.41, 5.74) is -0.818. The smallest absolute Gasteiger partial charge is 0.331 e. The third kappa shape index (κ3) is 4.38. The molecule has 0 saturated heterocycles. The number of rotatable bonds is 8. The standard InChI is InChI=1S/C17H22BrNO4/c1-12(2)23-16(20)17(11-19,8-5-9-18)13-6-7-14(21-3)15(10-13)22-4/h6-7,10,12H,5,8-9H2,1-4H3. The van der Waals surface area contributed by atoms with E-state index in [9.17, 15) is 10.1 Å². The number of esters is 1. The lowest BCUT2D eigenvalue weighted by Gasteiger charge is -2.26. The maximum Gasteiger partial charge on any atom is 0.331 e. The summed E-state index contributed by atoms with van der Waals surface area (Å²) >= 11 is 3.35. The highest BCUT2D eigenvalue weighted by Crippen LogP contribution is 2.37. The molecular weight excluding hydrogens is 362 g/mol. The Balaban J connectivity index is 3.38. The van der Waals surface area contributed by atoms with Crippen LogP contribution < -0.4 is 9.47 Å². The van der Waals surface area contributed by atoms with Gasteiger partial charge in [0, 0.05) is 5.33 Å². The Hall–Kier alpha value is -1.74. The minimum Gasteiger partial charge on any atom is -0.493 e. The van der Waals surface area contributed by atoms with Crippen molar-refractivity contribution in [2.75, 3.05) is 19.5 Å². The molecule has 0 fully saturated rings. The molecule has 0 aromatic heterocycles. The predicted molar refractivity (Wildman–Crippen MR) is 91.1 cm³/mol. The molecule has 6 heteroatoms. The van der Waals surface area contributed by atoms with E-state index in [0.717, 1.165) is 0 Å². The van der Waals surface area contributed by atoms with Crippen LogP contribution in [0.2, 0.25) is 0 Å². The summed E-state index contributed by atoms with van der Waals surface area (Å²) in [4.78, 5) is 12.6. The highest BCUT2D eigenvalue weighted by atomic mass is 79.9. The average molecular weight is 384 g/mol. The summed E-state index contributed by atoms with van der Waals surface area (Å²) in [5, 5.41) is 10.5. The largest absolute Gasteiger partial charge is 0.493 e. The molecule has 1 aromatic carbocycles. The van der Waals surface area contributed by atoms with Crippen LogP contribution in [0.25, 0.3) is 0 Å². The number of ether oxygens (including phenoxy) is 3. The van der Waals surface area contributed by atoms with E-state index in [0.29, 0.717) is 35.2 Å². The number of hydrogen-bond acceptors (Lipinski definition) is 5. The lowest BCUT2D eigenvalue weighted by molar-refractivity contribution is -0.152. The SMILES string of the molecule is COc1ccc(C(C#N)(CCCBr)C(=O)OC(C)C)cc1OC. The zero-order valence-corrected chi connectivity index (χ0v) is 15.5. The van der Waals surface area contributed by atoms with E-state index in [2.05, 4.69) is 22.0 Å². The minimum atomic E-state index is -1.36. The van der Waals surface area contributed by atoms with Crippen molar-refractivity contribution in [3.63, 3.8) is 0 Å². The third-order valence-electron chi connectivity index (χ3n) is 3.44. The van der Waals surface area contributed by atoms with E-state index in [1.807, 2.05) is 0 Å². The Morgan fingerprint density at radius 1 is 1.30 bits per heavy atom. The van der Waals surface area contributed by atoms with Crippen molar-refractivity contribution in [3.8, 4) is 17.6 Å². The molecule has 0 bridgehead atoms. The van der Waals surface area contributed by atoms with Gasteiger partial charge in [0.05, 0.1) is 26.4 Å². The molecule has 23 heavy (non-hydrogen) atoms. The molecule has 0 aliphatic heterocycles. The average Bonchev–Trinajstić information content (AvgIpc) is 2.54. The van der Waals surface area contributed by atoms with Crippen LogP contribution in [0.15, 0.2) is 18.2 Å². The Morgan fingerprint density at radius 2 is 1.96 bits per heavy atom. The van der Waals surface area contributed by atoms with Gasteiger partial charge in [-0.3, -0.25) is 0 Å². The van der Waals surface area contributed by atoms with Crippen LogP contribution in [0.3, 0.4) is 0 Å². The van der Waals surface area contributed by atoms with Crippen molar-refractivity contribution in [1.82, 2.24) is 0 Å². The van der Waals surface area contributed by atoms with Gasteiger partial charge >= 0.3 is 5.97 Å². The van der Waals surface area contributed by atoms with Crippen molar-refractivity contribution >= 4 is 21.9 Å². The molecule has 5 nitrogen and oxygen atoms in total. The molecule has 0 saturated carbocycles. The van der Waals surface area contributed by atoms with Gasteiger partial charge in [0.2, 0.25) is 0 Å². The number of carbonyl (C=O) groups excluding carboxylic acids is 1. The van der Waals surface area contributed by atoms with Crippen LogP contribution in [0.5, 0.6) is 11.5 Å². The van der Waals surface area contributed by atoms with Gasteiger partial charge in [0.15, 0.2) is 16.9 Å². The zero-order valence-electron chi connectivity index (χ0n) is 13.9. The first-order chi connectivity index (χ1) is 10.9. The molecule has 1 atom stereocenters. The number of hydrogen-bond donors (Lipinski definition) is 0. The van der Waals surface area contributed by atoms with Crippen molar-refractivity contribution in [2.24, 2.45) is 0 Å². The Kier molecular flexibility index (Phi) is 7.37. The number of alkyl halides is 1. The van der Waals surface area contributed by atoms with Crippen LogP contribution in [0.4, 0.5) is 0 Å². The number of carbonyl (C=O) groups is 1. The minimum absolute atomic E-state index is 0.292. The second-order valence-corrected chi connectivity index (χ2v) is 6.13. The summed E-state index contributed by atoms with van der Waals surface area (Å²) < 4.78 is 15.8. The quantitative estimate of drug-likeness (QED) is 0.506. The fraction of sp³-hybridized carbons (Fsp3) is 0.529. The molecule has 0 aliphatic rings. The fourth-order valence-electron chi connectivity index (χ4n) is 2.28. The first-order valence-electron chi connectivity index (χ1n) is 7.36. The first-order valence-corrected chi connectivity index (χ1v) is 8.48. The van der Waals surface area contributed by atoms with Crippen molar-refractivity contribution in [3.05, 3.63) is 23.8 Å². The Labute approximate surface area is 145 Å². The maximum absolute atomic E-state index is 12.6. The van der Waals surface area contributed by atoms with Crippen molar-refractivity contribution in [2.45, 2.75) is 38.2 Å². The molecule has 0 spiro atoms. The number of benzene rings is 1. The second-order valence-electron chi connectivity index (χ2n) is 5.33. The first kappa shape index (κ1) is 19.3. The fourth-order valence-corrected chi connectivity index (χ4v) is 2.56. The molecular formula is C17H22BrNO4. The van der Waals surface area contributed by atoms with Gasteiger partial charge in [-0.2, -0.15) is 5.26 Å². The number of nitrogens with zero attached hydrogens (tertiary/aromatic N) is 1. The van der Waals surface area contributed by atoms with Crippen LogP contribution in [-0.2, 0) is 14.9 Å². The summed E-state index contributed by atoms with van der Waals surface area (Å²) in [6, 6.07) is 7.23. The van der Waals surface area contributed by atoms with Crippen LogP contribution >= 0.6 is 15.9 Å². The van der Waals surface area contributed by atoms with Crippen molar-refractivity contribution in [1.29, 1.82) is 5.26 Å². The van der Waals surface area contributed by atoms with Gasteiger partial charge in [0.1, 0.15) is 0 Å². The summed E-state index contributed by atoms with van der Waals surface area (Å²) in [5.74, 6) is 0.477. The van der Waals surface area contributed by atoms with E-state index >= 15 is 0 Å². The van der Waals surface area contributed by atoms with Gasteiger partial charge < -0.3 is 14.2 Å². The van der Waals surface area contributed by atoms with Gasteiger partial charge in [-0.05, 0) is 44.4 Å². The van der Waals surface area contributed by atoms with Gasteiger partial charge in [-0.25, -0.2) is 4.79 Å². The number of halogens is 1. The van der Waals surface area contributed by atoms with Gasteiger partial charge in [0.25, 0.3) is 0 Å². The van der Waals surface area contributed by atoms with Crippen LogP contribution in [0, 0.1) is 11.3 Å². The number of nitriles is 1. The van der Waals surface area contributed by atoms with E-state index in [-0.39, 0.29) is 6.10 Å². The van der Waals surface area contributed by atoms with Crippen LogP contribution in [0.1, 0.15) is 32.3 Å². The summed E-state index contributed by atoms with van der Waals surface area (Å²) in [6.45, 7) is 3.53. The second kappa shape index (κ2) is 8.78. The molecule has 126 valence electrons. The van der Waals surface area contributed by atoms with Gasteiger partial charge in [-0.15, -0.1) is 0 Å². The Bertz CT molecular complexity index is 582. The van der Waals surface area contributed by atoms with E-state index in [1.54, 1.807) is 32.0 Å². The normalized spacial score (nSPS) is 13.1. The molecule has 0 heterocycles. The van der Waals surface area contributed by atoms with E-state index in [4.69, 9.17) is 14.2 Å². The Morgan fingerprint density at radius 3 is 2.43 bits per heavy atom. The molecule has 1 rings (SSSR count).